The summed E-state index contributed by atoms with van der Waals surface area (Å²) >= 11 is -0.691. The monoisotopic (exact) mass is 715 g/mol. The third kappa shape index (κ3) is 9.50. The average Bonchev–Trinajstić information content (AvgIpc) is 2.86. The van der Waals surface area contributed by atoms with E-state index in [0.717, 1.165) is 17.0 Å². The van der Waals surface area contributed by atoms with Gasteiger partial charge in [0.2, 0.25) is 0 Å². The minimum absolute atomic E-state index is 0.346. The van der Waals surface area contributed by atoms with Gasteiger partial charge < -0.3 is 0 Å². The molecule has 0 atom stereocenters. The molecule has 32 heavy (non-hydrogen) atoms. The van der Waals surface area contributed by atoms with Crippen LogP contribution in [0.5, 0.6) is 0 Å². The molecule has 7 heteroatoms. The smallest absolute Gasteiger partial charge is 0.0622 e. The van der Waals surface area contributed by atoms with Gasteiger partial charge in [-0.15, -0.1) is 0 Å². The molecule has 1 aromatic rings. The fourth-order valence-corrected chi connectivity index (χ4v) is 14.3. The zero-order valence-electron chi connectivity index (χ0n) is 19.1. The van der Waals surface area contributed by atoms with Crippen molar-refractivity contribution in [2.24, 2.45) is 0 Å². The van der Waals surface area contributed by atoms with E-state index >= 15 is 0 Å². The molecule has 0 bridgehead atoms. The molecule has 0 amide bonds. The van der Waals surface area contributed by atoms with E-state index in [1.54, 1.807) is 44.1 Å². The molecular weight excluding hydrogens is 675 g/mol. The summed E-state index contributed by atoms with van der Waals surface area (Å²) in [6.07, 6.45) is 24.7. The molecule has 0 radical (unpaired) electrons. The van der Waals surface area contributed by atoms with Crippen LogP contribution in [0.3, 0.4) is 0 Å². The normalized spacial score (nSPS) is 21.4. The van der Waals surface area contributed by atoms with Crippen molar-refractivity contribution in [2.75, 3.05) is 0 Å². The Hall–Kier alpha value is 2.06. The van der Waals surface area contributed by atoms with Gasteiger partial charge in [-0.2, -0.15) is 0 Å². The molecule has 3 aliphatic rings. The molecule has 3 aliphatic carbocycles. The fraction of sp³-hybridized carbons (Fsp3) is 0.760. The van der Waals surface area contributed by atoms with Gasteiger partial charge >= 0.3 is 69.1 Å². The van der Waals surface area contributed by atoms with E-state index in [1.807, 2.05) is 0 Å². The van der Waals surface area contributed by atoms with Crippen molar-refractivity contribution < 1.29 is 30.3 Å². The first-order valence-electron chi connectivity index (χ1n) is 12.3. The number of halogens is 4. The Morgan fingerprint density at radius 1 is 0.562 bits per heavy atom. The van der Waals surface area contributed by atoms with Crippen LogP contribution < -0.4 is 0 Å². The van der Waals surface area contributed by atoms with Crippen molar-refractivity contribution in [3.63, 3.8) is 0 Å². The Bertz CT molecular complexity index is 527. The molecule has 0 aliphatic heterocycles. The van der Waals surface area contributed by atoms with Gasteiger partial charge in [0.1, 0.15) is 0 Å². The minimum atomic E-state index is -0.944. The summed E-state index contributed by atoms with van der Waals surface area (Å²) in [5.74, 6) is 0. The summed E-state index contributed by atoms with van der Waals surface area (Å²) in [6, 6.07) is 11.7. The van der Waals surface area contributed by atoms with Crippen molar-refractivity contribution in [2.45, 2.75) is 119 Å². The van der Waals surface area contributed by atoms with E-state index in [0.29, 0.717) is 0 Å². The van der Waals surface area contributed by atoms with Crippen LogP contribution in [0.2, 0.25) is 0 Å². The average molecular weight is 716 g/mol. The van der Waals surface area contributed by atoms with E-state index < -0.39 is 7.26 Å². The first-order chi connectivity index (χ1) is 15.7. The van der Waals surface area contributed by atoms with Crippen molar-refractivity contribution in [1.82, 2.24) is 0 Å². The maximum Gasteiger partial charge on any atom is 0.0850 e. The second-order valence-corrected chi connectivity index (χ2v) is 19.4. The molecule has 0 unspecified atom stereocenters. The van der Waals surface area contributed by atoms with Crippen LogP contribution in [0.15, 0.2) is 30.3 Å². The summed E-state index contributed by atoms with van der Waals surface area (Å²) in [5, 5.41) is 0. The zero-order chi connectivity index (χ0) is 23.1. The Labute approximate surface area is 229 Å². The van der Waals surface area contributed by atoms with Crippen LogP contribution in [-0.2, 0) is 36.5 Å². The van der Waals surface area contributed by atoms with Crippen LogP contribution in [0, 0.1) is 0 Å². The van der Waals surface area contributed by atoms with Gasteiger partial charge in [0.25, 0.3) is 0 Å². The van der Waals surface area contributed by atoms with Crippen LogP contribution >= 0.6 is 46.0 Å². The second kappa shape index (κ2) is 18.3. The number of benzene rings is 1. The predicted molar refractivity (Wildman–Crippen MR) is 141 cm³/mol. The molecule has 0 aromatic heterocycles. The quantitative estimate of drug-likeness (QED) is 0.210. The Balaban J connectivity index is 0.000000547. The van der Waals surface area contributed by atoms with Crippen LogP contribution in [0.4, 0.5) is 0 Å². The summed E-state index contributed by atoms with van der Waals surface area (Å²) in [4.78, 5) is 0. The summed E-state index contributed by atoms with van der Waals surface area (Å²) in [5.41, 5.74) is 5.02. The maximum atomic E-state index is 4.85. The first kappa shape index (κ1) is 30.3. The molecule has 3 fully saturated rings. The standard InChI is InChI=1S/C25H40P.4ClH.2Ru/c1-5-13-22(14-6-1)21-26(23-15-7-2-8-16-23,24-17-9-3-10-18-24)25-19-11-4-12-20-25;;;;;;/h1,5-6,13-14,23-25H,2-4,7-12,15-21H2;4*1H;;/q+1;;;;;2*+2/p-4. The molecule has 0 N–H and O–H groups in total. The van der Waals surface area contributed by atoms with E-state index in [4.69, 9.17) is 38.8 Å². The van der Waals surface area contributed by atoms with Crippen molar-refractivity contribution in [3.05, 3.63) is 35.9 Å². The van der Waals surface area contributed by atoms with Crippen LogP contribution in [-0.4, -0.2) is 17.0 Å². The van der Waals surface area contributed by atoms with E-state index in [-0.39, 0.29) is 30.3 Å². The van der Waals surface area contributed by atoms with Gasteiger partial charge in [-0.25, -0.2) is 0 Å². The summed E-state index contributed by atoms with van der Waals surface area (Å²) < 4.78 is 0. The van der Waals surface area contributed by atoms with E-state index in [9.17, 15) is 0 Å². The summed E-state index contributed by atoms with van der Waals surface area (Å²) in [6.45, 7) is 0. The number of rotatable bonds is 5. The predicted octanol–water partition coefficient (Wildman–Crippen LogP) is 11.0. The van der Waals surface area contributed by atoms with Crippen LogP contribution in [0.1, 0.15) is 102 Å². The van der Waals surface area contributed by atoms with E-state index in [1.165, 1.54) is 63.9 Å². The van der Waals surface area contributed by atoms with Crippen molar-refractivity contribution in [3.8, 4) is 0 Å². The molecule has 3 saturated carbocycles. The molecule has 4 rings (SSSR count). The van der Waals surface area contributed by atoms with E-state index in [2.05, 4.69) is 30.3 Å². The van der Waals surface area contributed by atoms with Crippen molar-refractivity contribution >= 4 is 46.0 Å². The molecule has 0 spiro atoms. The van der Waals surface area contributed by atoms with Gasteiger partial charge in [0.15, 0.2) is 0 Å². The SMILES string of the molecule is [Cl][Ru][Cl].[Cl][Ru][Cl].c1ccc(C[P+](C2CCCCC2)(C2CCCCC2)C2CCCCC2)cc1. The van der Waals surface area contributed by atoms with Gasteiger partial charge in [-0.3, -0.25) is 0 Å². The van der Waals surface area contributed by atoms with Crippen LogP contribution in [0.25, 0.3) is 0 Å². The molecule has 0 saturated heterocycles. The fourth-order valence-electron chi connectivity index (χ4n) is 6.87. The van der Waals surface area contributed by atoms with Gasteiger partial charge in [0, 0.05) is 7.26 Å². The Morgan fingerprint density at radius 2 is 0.875 bits per heavy atom. The number of hydrogen-bond acceptors (Lipinski definition) is 0. The zero-order valence-corrected chi connectivity index (χ0v) is 26.5. The second-order valence-electron chi connectivity index (χ2n) is 9.62. The third-order valence-corrected chi connectivity index (χ3v) is 14.6. The maximum absolute atomic E-state index is 4.85. The molecule has 1 aromatic carbocycles. The topological polar surface area (TPSA) is 0 Å². The minimum Gasteiger partial charge on any atom is -0.0622 e. The largest absolute Gasteiger partial charge is 0.0850 e. The first-order valence-corrected chi connectivity index (χ1v) is 23.5. The van der Waals surface area contributed by atoms with Gasteiger partial charge in [-0.05, 0) is 82.6 Å². The molecule has 0 heterocycles. The molecule has 188 valence electrons. The third-order valence-electron chi connectivity index (χ3n) is 8.06. The van der Waals surface area contributed by atoms with Gasteiger partial charge in [0.05, 0.1) is 23.1 Å². The van der Waals surface area contributed by atoms with Gasteiger partial charge in [-0.1, -0.05) is 49.6 Å². The Kier molecular flexibility index (Phi) is 17.3. The summed E-state index contributed by atoms with van der Waals surface area (Å²) in [7, 11) is 18.5. The molecule has 0 nitrogen and oxygen atoms in total. The van der Waals surface area contributed by atoms with Crippen molar-refractivity contribution in [1.29, 1.82) is 0 Å². The number of hydrogen-bond donors (Lipinski definition) is 0. The molecular formula is C25H40Cl4PRu2+. The Morgan fingerprint density at radius 3 is 1.19 bits per heavy atom.